The minimum absolute atomic E-state index is 0.204. The first-order valence-electron chi connectivity index (χ1n) is 8.83. The van der Waals surface area contributed by atoms with Crippen molar-refractivity contribution in [3.8, 4) is 11.5 Å². The van der Waals surface area contributed by atoms with Gasteiger partial charge in [-0.2, -0.15) is 0 Å². The van der Waals surface area contributed by atoms with Crippen LogP contribution in [0.4, 0.5) is 0 Å². The van der Waals surface area contributed by atoms with Gasteiger partial charge in [0.2, 0.25) is 0 Å². The molecule has 0 radical (unpaired) electrons. The van der Waals surface area contributed by atoms with Gasteiger partial charge in [0.1, 0.15) is 0 Å². The Morgan fingerprint density at radius 1 is 1.04 bits per heavy atom. The quantitative estimate of drug-likeness (QED) is 0.807. The molecule has 1 aromatic heterocycles. The smallest absolute Gasteiger partial charge is 0.162 e. The lowest BCUT2D eigenvalue weighted by atomic mass is 10.1. The third-order valence-electron chi connectivity index (χ3n) is 4.92. The van der Waals surface area contributed by atoms with Gasteiger partial charge in [-0.05, 0) is 50.4 Å². The predicted molar refractivity (Wildman–Crippen MR) is 96.1 cm³/mol. The lowest BCUT2D eigenvalue weighted by molar-refractivity contribution is 0.280. The molecule has 0 atom stereocenters. The minimum atomic E-state index is 0.204. The van der Waals surface area contributed by atoms with Crippen LogP contribution in [0.5, 0.6) is 11.5 Å². The number of aliphatic hydroxyl groups excluding tert-OH is 1. The van der Waals surface area contributed by atoms with Crippen LogP contribution in [-0.2, 0) is 13.0 Å². The topological polar surface area (TPSA) is 46.9 Å². The maximum atomic E-state index is 9.17. The van der Waals surface area contributed by atoms with Crippen molar-refractivity contribution in [2.24, 2.45) is 0 Å². The van der Waals surface area contributed by atoms with E-state index in [1.807, 2.05) is 6.07 Å². The molecule has 5 nitrogen and oxygen atoms in total. The lowest BCUT2D eigenvalue weighted by Crippen LogP contribution is -2.21. The van der Waals surface area contributed by atoms with Crippen LogP contribution in [0.3, 0.4) is 0 Å². The second-order valence-corrected chi connectivity index (χ2v) is 6.45. The second kappa shape index (κ2) is 7.90. The normalized spacial score (nSPS) is 15.3. The highest BCUT2D eigenvalue weighted by Crippen LogP contribution is 2.35. The van der Waals surface area contributed by atoms with E-state index >= 15 is 0 Å². The Hall–Kier alpha value is -1.72. The van der Waals surface area contributed by atoms with Crippen LogP contribution in [0, 0.1) is 0 Å². The van der Waals surface area contributed by atoms with Crippen LogP contribution in [0.15, 0.2) is 18.3 Å². The molecule has 1 N–H and O–H groups in total. The van der Waals surface area contributed by atoms with E-state index in [1.54, 1.807) is 14.2 Å². The number of fused-ring (bicyclic) bond motifs is 1. The number of methoxy groups -OCH3 is 2. The van der Waals surface area contributed by atoms with Crippen LogP contribution in [0.25, 0.3) is 10.9 Å². The van der Waals surface area contributed by atoms with Gasteiger partial charge >= 0.3 is 0 Å². The molecule has 5 heteroatoms. The summed E-state index contributed by atoms with van der Waals surface area (Å²) in [7, 11) is 3.34. The van der Waals surface area contributed by atoms with Crippen LogP contribution < -0.4 is 9.47 Å². The third kappa shape index (κ3) is 3.52. The number of nitrogens with zero attached hydrogens (tertiary/aromatic N) is 2. The number of likely N-dealkylation sites (tertiary alicyclic amines) is 1. The monoisotopic (exact) mass is 332 g/mol. The molecule has 132 valence electrons. The summed E-state index contributed by atoms with van der Waals surface area (Å²) in [4.78, 5) is 2.54. The predicted octanol–water partition coefficient (Wildman–Crippen LogP) is 2.68. The molecule has 0 spiro atoms. The molecule has 1 fully saturated rings. The highest BCUT2D eigenvalue weighted by atomic mass is 16.5. The molecule has 0 aliphatic carbocycles. The standard InChI is InChI=1S/C19H28N2O3/c1-23-18-12-16-15(6-10-20-7-3-4-8-20)14-21(9-5-11-22)17(16)13-19(18)24-2/h12-14,22H,3-11H2,1-2H3. The number of aryl methyl sites for hydroxylation is 1. The average molecular weight is 332 g/mol. The Labute approximate surface area is 143 Å². The fourth-order valence-corrected chi connectivity index (χ4v) is 3.60. The summed E-state index contributed by atoms with van der Waals surface area (Å²) in [6.07, 6.45) is 6.67. The summed E-state index contributed by atoms with van der Waals surface area (Å²) in [6, 6.07) is 4.13. The minimum Gasteiger partial charge on any atom is -0.493 e. The van der Waals surface area contributed by atoms with E-state index in [9.17, 15) is 5.11 Å². The van der Waals surface area contributed by atoms with E-state index in [0.717, 1.165) is 42.9 Å². The van der Waals surface area contributed by atoms with Crippen molar-refractivity contribution >= 4 is 10.9 Å². The number of rotatable bonds is 8. The van der Waals surface area contributed by atoms with Crippen LogP contribution in [-0.4, -0.2) is 55.0 Å². The summed E-state index contributed by atoms with van der Waals surface area (Å²) in [5.41, 5.74) is 2.49. The van der Waals surface area contributed by atoms with Gasteiger partial charge in [0, 0.05) is 37.3 Å². The van der Waals surface area contributed by atoms with Gasteiger partial charge in [0.25, 0.3) is 0 Å². The summed E-state index contributed by atoms with van der Waals surface area (Å²) >= 11 is 0. The molecule has 3 rings (SSSR count). The lowest BCUT2D eigenvalue weighted by Gasteiger charge is -2.14. The highest BCUT2D eigenvalue weighted by molar-refractivity contribution is 5.87. The molecule has 0 unspecified atom stereocenters. The first kappa shape index (κ1) is 17.1. The zero-order valence-corrected chi connectivity index (χ0v) is 14.8. The fourth-order valence-electron chi connectivity index (χ4n) is 3.60. The molecular formula is C19H28N2O3. The Bertz CT molecular complexity index is 675. The summed E-state index contributed by atoms with van der Waals surface area (Å²) < 4.78 is 13.2. The van der Waals surface area contributed by atoms with E-state index in [0.29, 0.717) is 0 Å². The number of hydrogen-bond acceptors (Lipinski definition) is 4. The number of aliphatic hydroxyl groups is 1. The van der Waals surface area contributed by atoms with Crippen molar-refractivity contribution in [3.05, 3.63) is 23.9 Å². The molecule has 0 bridgehead atoms. The summed E-state index contributed by atoms with van der Waals surface area (Å²) in [6.45, 7) is 4.57. The molecule has 1 aromatic carbocycles. The van der Waals surface area contributed by atoms with Crippen molar-refractivity contribution in [2.45, 2.75) is 32.2 Å². The van der Waals surface area contributed by atoms with Gasteiger partial charge in [0.05, 0.1) is 19.7 Å². The zero-order chi connectivity index (χ0) is 16.9. The third-order valence-corrected chi connectivity index (χ3v) is 4.92. The molecule has 1 aliphatic rings. The van der Waals surface area contributed by atoms with Gasteiger partial charge in [-0.3, -0.25) is 0 Å². The van der Waals surface area contributed by atoms with E-state index in [1.165, 1.54) is 36.9 Å². The highest BCUT2D eigenvalue weighted by Gasteiger charge is 2.16. The second-order valence-electron chi connectivity index (χ2n) is 6.45. The van der Waals surface area contributed by atoms with Crippen molar-refractivity contribution in [1.82, 2.24) is 9.47 Å². The maximum absolute atomic E-state index is 9.17. The molecule has 0 amide bonds. The van der Waals surface area contributed by atoms with Crippen molar-refractivity contribution in [3.63, 3.8) is 0 Å². The molecule has 1 saturated heterocycles. The average Bonchev–Trinajstić information content (AvgIpc) is 3.24. The fraction of sp³-hybridized carbons (Fsp3) is 0.579. The van der Waals surface area contributed by atoms with Gasteiger partial charge in [-0.25, -0.2) is 0 Å². The number of benzene rings is 1. The number of ether oxygens (including phenoxy) is 2. The van der Waals surface area contributed by atoms with Gasteiger partial charge in [-0.15, -0.1) is 0 Å². The Balaban J connectivity index is 1.93. The molecule has 1 aliphatic heterocycles. The van der Waals surface area contributed by atoms with Gasteiger partial charge in [0.15, 0.2) is 11.5 Å². The first-order valence-corrected chi connectivity index (χ1v) is 8.83. The molecular weight excluding hydrogens is 304 g/mol. The van der Waals surface area contributed by atoms with Crippen molar-refractivity contribution in [1.29, 1.82) is 0 Å². The van der Waals surface area contributed by atoms with Crippen LogP contribution in [0.2, 0.25) is 0 Å². The van der Waals surface area contributed by atoms with Crippen molar-refractivity contribution in [2.75, 3.05) is 40.5 Å². The van der Waals surface area contributed by atoms with Gasteiger partial charge in [-0.1, -0.05) is 0 Å². The van der Waals surface area contributed by atoms with E-state index in [4.69, 9.17) is 9.47 Å². The van der Waals surface area contributed by atoms with Crippen LogP contribution in [0.1, 0.15) is 24.8 Å². The van der Waals surface area contributed by atoms with Gasteiger partial charge < -0.3 is 24.0 Å². The van der Waals surface area contributed by atoms with Crippen molar-refractivity contribution < 1.29 is 14.6 Å². The Morgan fingerprint density at radius 2 is 1.75 bits per heavy atom. The summed E-state index contributed by atoms with van der Waals surface area (Å²) in [5, 5.41) is 10.4. The SMILES string of the molecule is COc1cc2c(CCN3CCCC3)cn(CCCO)c2cc1OC. The van der Waals surface area contributed by atoms with E-state index in [2.05, 4.69) is 21.7 Å². The first-order chi connectivity index (χ1) is 11.8. The molecule has 24 heavy (non-hydrogen) atoms. The Morgan fingerprint density at radius 3 is 2.42 bits per heavy atom. The zero-order valence-electron chi connectivity index (χ0n) is 14.8. The largest absolute Gasteiger partial charge is 0.493 e. The molecule has 2 heterocycles. The van der Waals surface area contributed by atoms with E-state index < -0.39 is 0 Å². The van der Waals surface area contributed by atoms with Crippen LogP contribution >= 0.6 is 0 Å². The Kier molecular flexibility index (Phi) is 5.63. The molecule has 0 saturated carbocycles. The van der Waals surface area contributed by atoms with E-state index in [-0.39, 0.29) is 6.61 Å². The number of aromatic nitrogens is 1. The maximum Gasteiger partial charge on any atom is 0.162 e. The molecule has 2 aromatic rings. The summed E-state index contributed by atoms with van der Waals surface area (Å²) in [5.74, 6) is 1.52. The number of hydrogen-bond donors (Lipinski definition) is 1.